The topological polar surface area (TPSA) is 63.2 Å². The molecule has 0 radical (unpaired) electrons. The van der Waals surface area contributed by atoms with E-state index in [1.807, 2.05) is 19.9 Å². The van der Waals surface area contributed by atoms with Crippen LogP contribution in [-0.2, 0) is 4.79 Å². The van der Waals surface area contributed by atoms with Crippen molar-refractivity contribution in [2.24, 2.45) is 0 Å². The van der Waals surface area contributed by atoms with Crippen LogP contribution in [0.2, 0.25) is 0 Å². The molecule has 2 aliphatic heterocycles. The van der Waals surface area contributed by atoms with Crippen molar-refractivity contribution in [3.8, 4) is 16.9 Å². The van der Waals surface area contributed by atoms with Gasteiger partial charge in [0.1, 0.15) is 11.6 Å². The number of carbonyl (C=O) groups is 1. The zero-order valence-electron chi connectivity index (χ0n) is 16.3. The zero-order chi connectivity index (χ0) is 19.7. The fraction of sp³-hybridized carbons (Fsp3) is 0.455. The molecule has 2 fully saturated rings. The van der Waals surface area contributed by atoms with Gasteiger partial charge in [0.15, 0.2) is 0 Å². The molecule has 148 valence electrons. The molecule has 1 spiro atoms. The highest BCUT2D eigenvalue weighted by atomic mass is 19.1. The van der Waals surface area contributed by atoms with Crippen molar-refractivity contribution in [3.63, 3.8) is 0 Å². The first-order valence-electron chi connectivity index (χ1n) is 9.98. The fourth-order valence-corrected chi connectivity index (χ4v) is 4.27. The van der Waals surface area contributed by atoms with Gasteiger partial charge in [-0.3, -0.25) is 15.1 Å². The Kier molecular flexibility index (Phi) is 5.06. The van der Waals surface area contributed by atoms with E-state index < -0.39 is 5.54 Å². The van der Waals surface area contributed by atoms with E-state index in [9.17, 15) is 9.18 Å². The average molecular weight is 383 g/mol. The summed E-state index contributed by atoms with van der Waals surface area (Å²) in [5, 5.41) is 6.59. The van der Waals surface area contributed by atoms with Crippen molar-refractivity contribution in [2.75, 3.05) is 6.61 Å². The van der Waals surface area contributed by atoms with Gasteiger partial charge < -0.3 is 10.1 Å². The van der Waals surface area contributed by atoms with E-state index in [4.69, 9.17) is 4.74 Å². The minimum atomic E-state index is -0.505. The summed E-state index contributed by atoms with van der Waals surface area (Å²) in [6.07, 6.45) is 5.12. The standard InChI is InChI=1S/C22H26FN3O2/c1-3-28-16-4-5-18(23)17(13-16)15-8-11-24-20(12-15)19-7-10-22(26-19)9-6-14(2)25-21(22)27/h4-5,8,11-14,19,26H,3,6-7,9-10H2,1-2H3,(H,25,27)/t14-,19+,22-/m0/s1. The third-order valence-electron chi connectivity index (χ3n) is 5.82. The van der Waals surface area contributed by atoms with E-state index >= 15 is 0 Å². The van der Waals surface area contributed by atoms with Gasteiger partial charge in [0, 0.05) is 17.8 Å². The molecule has 3 heterocycles. The lowest BCUT2D eigenvalue weighted by Crippen LogP contribution is -2.59. The molecule has 2 saturated heterocycles. The van der Waals surface area contributed by atoms with Crippen molar-refractivity contribution in [3.05, 3.63) is 48.0 Å². The first kappa shape index (κ1) is 18.9. The molecule has 0 aliphatic carbocycles. The third kappa shape index (κ3) is 3.49. The maximum absolute atomic E-state index is 14.4. The molecule has 2 aliphatic rings. The lowest BCUT2D eigenvalue weighted by atomic mass is 9.85. The first-order valence-corrected chi connectivity index (χ1v) is 9.98. The van der Waals surface area contributed by atoms with Crippen LogP contribution in [0.4, 0.5) is 4.39 Å². The van der Waals surface area contributed by atoms with Crippen LogP contribution in [0.1, 0.15) is 51.3 Å². The molecule has 2 aromatic rings. The molecule has 4 rings (SSSR count). The Morgan fingerprint density at radius 3 is 2.86 bits per heavy atom. The van der Waals surface area contributed by atoms with Crippen LogP contribution < -0.4 is 15.4 Å². The van der Waals surface area contributed by atoms with Gasteiger partial charge in [0.2, 0.25) is 5.91 Å². The zero-order valence-corrected chi connectivity index (χ0v) is 16.3. The Hall–Kier alpha value is -2.47. The van der Waals surface area contributed by atoms with Gasteiger partial charge in [-0.05, 0) is 75.4 Å². The van der Waals surface area contributed by atoms with E-state index in [0.717, 1.165) is 36.9 Å². The van der Waals surface area contributed by atoms with E-state index in [-0.39, 0.29) is 23.8 Å². The van der Waals surface area contributed by atoms with Gasteiger partial charge in [-0.25, -0.2) is 4.39 Å². The molecule has 5 nitrogen and oxygen atoms in total. The van der Waals surface area contributed by atoms with Crippen LogP contribution in [0.5, 0.6) is 5.75 Å². The third-order valence-corrected chi connectivity index (χ3v) is 5.82. The molecule has 0 saturated carbocycles. The largest absolute Gasteiger partial charge is 0.494 e. The molecule has 6 heteroatoms. The van der Waals surface area contributed by atoms with Crippen LogP contribution in [-0.4, -0.2) is 29.1 Å². The van der Waals surface area contributed by atoms with E-state index in [2.05, 4.69) is 15.6 Å². The summed E-state index contributed by atoms with van der Waals surface area (Å²) in [6.45, 7) is 4.46. The molecular weight excluding hydrogens is 357 g/mol. The molecule has 1 aromatic heterocycles. The molecule has 0 unspecified atom stereocenters. The number of piperidine rings is 1. The minimum Gasteiger partial charge on any atom is -0.494 e. The minimum absolute atomic E-state index is 0.0164. The van der Waals surface area contributed by atoms with Crippen molar-refractivity contribution in [1.82, 2.24) is 15.6 Å². The van der Waals surface area contributed by atoms with Gasteiger partial charge in [-0.15, -0.1) is 0 Å². The van der Waals surface area contributed by atoms with Crippen molar-refractivity contribution in [1.29, 1.82) is 0 Å². The fourth-order valence-electron chi connectivity index (χ4n) is 4.27. The lowest BCUT2D eigenvalue weighted by molar-refractivity contribution is -0.130. The normalized spacial score (nSPS) is 27.0. The van der Waals surface area contributed by atoms with Crippen LogP contribution in [0.25, 0.3) is 11.1 Å². The van der Waals surface area contributed by atoms with Crippen LogP contribution in [0.3, 0.4) is 0 Å². The van der Waals surface area contributed by atoms with Gasteiger partial charge in [0.05, 0.1) is 23.9 Å². The molecule has 28 heavy (non-hydrogen) atoms. The Bertz CT molecular complexity index is 888. The number of ether oxygens (including phenoxy) is 1. The quantitative estimate of drug-likeness (QED) is 0.844. The number of hydrogen-bond donors (Lipinski definition) is 2. The maximum atomic E-state index is 14.4. The summed E-state index contributed by atoms with van der Waals surface area (Å²) in [4.78, 5) is 17.1. The van der Waals surface area contributed by atoms with Crippen molar-refractivity contribution in [2.45, 2.75) is 57.2 Å². The predicted octanol–water partition coefficient (Wildman–Crippen LogP) is 3.75. The molecule has 0 bridgehead atoms. The molecular formula is C22H26FN3O2. The lowest BCUT2D eigenvalue weighted by Gasteiger charge is -2.36. The number of halogens is 1. The second-order valence-electron chi connectivity index (χ2n) is 7.77. The number of hydrogen-bond acceptors (Lipinski definition) is 4. The summed E-state index contributed by atoms with van der Waals surface area (Å²) in [6, 6.07) is 8.70. The number of nitrogens with one attached hydrogen (secondary N) is 2. The van der Waals surface area contributed by atoms with Crippen LogP contribution in [0.15, 0.2) is 36.5 Å². The van der Waals surface area contributed by atoms with Gasteiger partial charge in [-0.1, -0.05) is 0 Å². The number of carbonyl (C=O) groups excluding carboxylic acids is 1. The van der Waals surface area contributed by atoms with Gasteiger partial charge in [-0.2, -0.15) is 0 Å². The highest BCUT2D eigenvalue weighted by Gasteiger charge is 2.47. The van der Waals surface area contributed by atoms with Crippen LogP contribution in [0, 0.1) is 5.82 Å². The number of benzene rings is 1. The number of rotatable bonds is 4. The number of aromatic nitrogens is 1. The van der Waals surface area contributed by atoms with Crippen molar-refractivity contribution < 1.29 is 13.9 Å². The van der Waals surface area contributed by atoms with Crippen LogP contribution >= 0.6 is 0 Å². The van der Waals surface area contributed by atoms with Gasteiger partial charge >= 0.3 is 0 Å². The molecule has 1 aromatic carbocycles. The Morgan fingerprint density at radius 2 is 2.07 bits per heavy atom. The monoisotopic (exact) mass is 383 g/mol. The smallest absolute Gasteiger partial charge is 0.240 e. The Labute approximate surface area is 164 Å². The first-order chi connectivity index (χ1) is 13.5. The maximum Gasteiger partial charge on any atom is 0.240 e. The Morgan fingerprint density at radius 1 is 1.25 bits per heavy atom. The van der Waals surface area contributed by atoms with Crippen molar-refractivity contribution >= 4 is 5.91 Å². The SMILES string of the molecule is CCOc1ccc(F)c(-c2ccnc([C@H]3CC[C@]4(CC[C@H](C)NC4=O)N3)c2)c1. The number of nitrogens with zero attached hydrogens (tertiary/aromatic N) is 1. The highest BCUT2D eigenvalue weighted by molar-refractivity contribution is 5.87. The summed E-state index contributed by atoms with van der Waals surface area (Å²) < 4.78 is 19.9. The summed E-state index contributed by atoms with van der Waals surface area (Å²) in [5.41, 5.74) is 1.58. The number of pyridine rings is 1. The van der Waals surface area contributed by atoms with E-state index in [1.54, 1.807) is 24.4 Å². The Balaban J connectivity index is 1.59. The highest BCUT2D eigenvalue weighted by Crippen LogP contribution is 2.38. The van der Waals surface area contributed by atoms with E-state index in [0.29, 0.717) is 17.9 Å². The van der Waals surface area contributed by atoms with Gasteiger partial charge in [0.25, 0.3) is 0 Å². The summed E-state index contributed by atoms with van der Waals surface area (Å²) in [7, 11) is 0. The molecule has 3 atom stereocenters. The van der Waals surface area contributed by atoms with E-state index in [1.165, 1.54) is 6.07 Å². The number of amides is 1. The molecule has 2 N–H and O–H groups in total. The second kappa shape index (κ2) is 7.51. The molecule has 1 amide bonds. The predicted molar refractivity (Wildman–Crippen MR) is 105 cm³/mol. The second-order valence-corrected chi connectivity index (χ2v) is 7.77. The summed E-state index contributed by atoms with van der Waals surface area (Å²) in [5.74, 6) is 0.431. The average Bonchev–Trinajstić information content (AvgIpc) is 3.13. The summed E-state index contributed by atoms with van der Waals surface area (Å²) >= 11 is 0.